The van der Waals surface area contributed by atoms with Crippen LogP contribution in [0.4, 0.5) is 4.79 Å². The van der Waals surface area contributed by atoms with Crippen molar-refractivity contribution >= 4 is 6.03 Å². The third-order valence-electron chi connectivity index (χ3n) is 3.23. The summed E-state index contributed by atoms with van der Waals surface area (Å²) in [7, 11) is 1.90. The van der Waals surface area contributed by atoms with Crippen molar-refractivity contribution in [1.29, 1.82) is 0 Å². The normalized spacial score (nSPS) is 18.4. The lowest BCUT2D eigenvalue weighted by atomic mass is 9.95. The van der Waals surface area contributed by atoms with E-state index < -0.39 is 0 Å². The van der Waals surface area contributed by atoms with Crippen LogP contribution in [-0.4, -0.2) is 24.0 Å². The second-order valence-corrected chi connectivity index (χ2v) is 6.05. The van der Waals surface area contributed by atoms with E-state index in [-0.39, 0.29) is 11.4 Å². The van der Waals surface area contributed by atoms with Gasteiger partial charge in [0.2, 0.25) is 0 Å². The summed E-state index contributed by atoms with van der Waals surface area (Å²) in [5.41, 5.74) is 0.108. The summed E-state index contributed by atoms with van der Waals surface area (Å²) < 4.78 is 0. The van der Waals surface area contributed by atoms with E-state index in [9.17, 15) is 4.79 Å². The first-order valence-electron chi connectivity index (χ1n) is 6.61. The maximum Gasteiger partial charge on any atom is 0.321 e. The Morgan fingerprint density at radius 3 is 2.35 bits per heavy atom. The van der Waals surface area contributed by atoms with E-state index in [1.54, 1.807) is 6.20 Å². The highest BCUT2D eigenvalue weighted by Crippen LogP contribution is 2.21. The molecule has 0 saturated heterocycles. The number of urea groups is 1. The largest absolute Gasteiger partial charge is 0.325 e. The zero-order valence-corrected chi connectivity index (χ0v) is 11.6. The third-order valence-corrected chi connectivity index (χ3v) is 3.23. The van der Waals surface area contributed by atoms with Crippen LogP contribution >= 0.6 is 0 Å². The Morgan fingerprint density at radius 1 is 1.24 bits per heavy atom. The molecule has 0 aromatic heterocycles. The SMILES string of the molecule is CN(C(=O)N/C=C/C(C)(C)C)C1CCCCC1. The molecule has 1 rings (SSSR count). The van der Waals surface area contributed by atoms with Crippen LogP contribution in [0.5, 0.6) is 0 Å². The lowest BCUT2D eigenvalue weighted by molar-refractivity contribution is 0.177. The molecule has 3 nitrogen and oxygen atoms in total. The fourth-order valence-corrected chi connectivity index (χ4v) is 2.10. The number of amides is 2. The smallest absolute Gasteiger partial charge is 0.321 e. The molecule has 3 heteroatoms. The van der Waals surface area contributed by atoms with Crippen molar-refractivity contribution in [3.8, 4) is 0 Å². The van der Waals surface area contributed by atoms with Crippen LogP contribution in [0.1, 0.15) is 52.9 Å². The average Bonchev–Trinajstić information content (AvgIpc) is 2.27. The molecule has 1 N–H and O–H groups in total. The minimum atomic E-state index is 0.0115. The number of hydrogen-bond acceptors (Lipinski definition) is 1. The van der Waals surface area contributed by atoms with Crippen molar-refractivity contribution < 1.29 is 4.79 Å². The van der Waals surface area contributed by atoms with E-state index in [1.807, 2.05) is 18.0 Å². The van der Waals surface area contributed by atoms with Crippen LogP contribution in [0.3, 0.4) is 0 Å². The Labute approximate surface area is 105 Å². The Kier molecular flexibility index (Phi) is 5.03. The molecule has 1 fully saturated rings. The Bertz CT molecular complexity index is 272. The molecule has 1 aliphatic rings. The second-order valence-electron chi connectivity index (χ2n) is 6.05. The van der Waals surface area contributed by atoms with Gasteiger partial charge in [-0.15, -0.1) is 0 Å². The van der Waals surface area contributed by atoms with Gasteiger partial charge in [0, 0.05) is 19.3 Å². The van der Waals surface area contributed by atoms with Crippen molar-refractivity contribution in [2.24, 2.45) is 5.41 Å². The predicted molar refractivity (Wildman–Crippen MR) is 71.8 cm³/mol. The molecule has 0 aliphatic heterocycles. The van der Waals surface area contributed by atoms with Gasteiger partial charge in [-0.1, -0.05) is 46.1 Å². The summed E-state index contributed by atoms with van der Waals surface area (Å²) in [6, 6.07) is 0.434. The number of nitrogens with one attached hydrogen (secondary N) is 1. The van der Waals surface area contributed by atoms with Crippen molar-refractivity contribution in [2.45, 2.75) is 58.9 Å². The zero-order chi connectivity index (χ0) is 12.9. The molecule has 0 spiro atoms. The molecule has 1 saturated carbocycles. The fraction of sp³-hybridized carbons (Fsp3) is 0.786. The lowest BCUT2D eigenvalue weighted by Gasteiger charge is -2.30. The molecule has 98 valence electrons. The van der Waals surface area contributed by atoms with Gasteiger partial charge in [-0.2, -0.15) is 0 Å². The minimum Gasteiger partial charge on any atom is -0.325 e. The Morgan fingerprint density at radius 2 is 1.82 bits per heavy atom. The summed E-state index contributed by atoms with van der Waals surface area (Å²) >= 11 is 0. The van der Waals surface area contributed by atoms with Gasteiger partial charge in [0.25, 0.3) is 0 Å². The number of carbonyl (C=O) groups is 1. The van der Waals surface area contributed by atoms with Gasteiger partial charge < -0.3 is 10.2 Å². The molecule has 1 aliphatic carbocycles. The summed E-state index contributed by atoms with van der Waals surface area (Å²) in [5, 5.41) is 2.84. The molecule has 2 amide bonds. The van der Waals surface area contributed by atoms with Crippen molar-refractivity contribution in [2.75, 3.05) is 7.05 Å². The van der Waals surface area contributed by atoms with Crippen molar-refractivity contribution in [3.63, 3.8) is 0 Å². The summed E-state index contributed by atoms with van der Waals surface area (Å²) in [5.74, 6) is 0. The summed E-state index contributed by atoms with van der Waals surface area (Å²) in [6.07, 6.45) is 9.89. The Hall–Kier alpha value is -0.990. The quantitative estimate of drug-likeness (QED) is 0.784. The Balaban J connectivity index is 2.38. The molecule has 17 heavy (non-hydrogen) atoms. The monoisotopic (exact) mass is 238 g/mol. The summed E-state index contributed by atoms with van der Waals surface area (Å²) in [6.45, 7) is 6.33. The number of nitrogens with zero attached hydrogens (tertiary/aromatic N) is 1. The van der Waals surface area contributed by atoms with Gasteiger partial charge in [-0.25, -0.2) is 4.79 Å². The molecule has 0 heterocycles. The van der Waals surface area contributed by atoms with Crippen LogP contribution in [0.2, 0.25) is 0 Å². The third kappa shape index (κ3) is 5.24. The van der Waals surface area contributed by atoms with Crippen LogP contribution in [-0.2, 0) is 0 Å². The first-order chi connectivity index (χ1) is 7.90. The molecule has 0 atom stereocenters. The van der Waals surface area contributed by atoms with Gasteiger partial charge in [0.05, 0.1) is 0 Å². The number of rotatable bonds is 2. The number of allylic oxidation sites excluding steroid dienone is 1. The minimum absolute atomic E-state index is 0.0115. The highest BCUT2D eigenvalue weighted by molar-refractivity contribution is 5.75. The highest BCUT2D eigenvalue weighted by atomic mass is 16.2. The van der Waals surface area contributed by atoms with Crippen LogP contribution in [0, 0.1) is 5.41 Å². The molecule has 0 radical (unpaired) electrons. The van der Waals surface area contributed by atoms with Crippen LogP contribution in [0.15, 0.2) is 12.3 Å². The first-order valence-corrected chi connectivity index (χ1v) is 6.61. The average molecular weight is 238 g/mol. The van der Waals surface area contributed by atoms with Crippen LogP contribution < -0.4 is 5.32 Å². The number of carbonyl (C=O) groups excluding carboxylic acids is 1. The fourth-order valence-electron chi connectivity index (χ4n) is 2.10. The van der Waals surface area contributed by atoms with Gasteiger partial charge >= 0.3 is 6.03 Å². The summed E-state index contributed by atoms with van der Waals surface area (Å²) in [4.78, 5) is 13.7. The topological polar surface area (TPSA) is 32.3 Å². The molecule has 0 aromatic rings. The standard InChI is InChI=1S/C14H26N2O/c1-14(2,3)10-11-15-13(17)16(4)12-8-6-5-7-9-12/h10-12H,5-9H2,1-4H3,(H,15,17)/b11-10+. The zero-order valence-electron chi connectivity index (χ0n) is 11.6. The van der Waals surface area contributed by atoms with Gasteiger partial charge in [0.15, 0.2) is 0 Å². The van der Waals surface area contributed by atoms with E-state index in [2.05, 4.69) is 26.1 Å². The predicted octanol–water partition coefficient (Wildman–Crippen LogP) is 3.52. The maximum absolute atomic E-state index is 11.9. The van der Waals surface area contributed by atoms with Crippen molar-refractivity contribution in [3.05, 3.63) is 12.3 Å². The molecule has 0 bridgehead atoms. The molecule has 0 unspecified atom stereocenters. The van der Waals surface area contributed by atoms with Gasteiger partial charge in [-0.3, -0.25) is 0 Å². The van der Waals surface area contributed by atoms with Crippen molar-refractivity contribution in [1.82, 2.24) is 10.2 Å². The molecular weight excluding hydrogens is 212 g/mol. The van der Waals surface area contributed by atoms with E-state index in [0.717, 1.165) is 12.8 Å². The molecular formula is C14H26N2O. The lowest BCUT2D eigenvalue weighted by Crippen LogP contribution is -2.42. The van der Waals surface area contributed by atoms with Gasteiger partial charge in [0.1, 0.15) is 0 Å². The van der Waals surface area contributed by atoms with E-state index in [0.29, 0.717) is 6.04 Å². The number of hydrogen-bond donors (Lipinski definition) is 1. The van der Waals surface area contributed by atoms with E-state index in [1.165, 1.54) is 19.3 Å². The first kappa shape index (κ1) is 14.1. The van der Waals surface area contributed by atoms with E-state index >= 15 is 0 Å². The second kappa shape index (κ2) is 6.08. The van der Waals surface area contributed by atoms with E-state index in [4.69, 9.17) is 0 Å². The maximum atomic E-state index is 11.9. The van der Waals surface area contributed by atoms with Gasteiger partial charge in [-0.05, 0) is 18.3 Å². The van der Waals surface area contributed by atoms with Crippen LogP contribution in [0.25, 0.3) is 0 Å². The highest BCUT2D eigenvalue weighted by Gasteiger charge is 2.21. The molecule has 0 aromatic carbocycles.